The van der Waals surface area contributed by atoms with Crippen LogP contribution in [0.4, 0.5) is 0 Å². The summed E-state index contributed by atoms with van der Waals surface area (Å²) in [4.78, 5) is 27.1. The molecule has 200 valence electrons. The van der Waals surface area contributed by atoms with E-state index in [4.69, 9.17) is 9.47 Å². The molecule has 1 aromatic rings. The first-order chi connectivity index (χ1) is 17.8. The zero-order valence-electron chi connectivity index (χ0n) is 22.1. The van der Waals surface area contributed by atoms with E-state index in [2.05, 4.69) is 21.6 Å². The number of carbonyl (C=O) groups excluding carboxylic acids is 2. The highest BCUT2D eigenvalue weighted by molar-refractivity contribution is 5.86. The van der Waals surface area contributed by atoms with Gasteiger partial charge in [0.2, 0.25) is 11.8 Å². The first-order valence-electron chi connectivity index (χ1n) is 14.1. The van der Waals surface area contributed by atoms with E-state index in [1.54, 1.807) is 14.0 Å². The number of benzene rings is 1. The quantitative estimate of drug-likeness (QED) is 0.522. The minimum absolute atomic E-state index is 0.0236. The smallest absolute Gasteiger partial charge is 0.242 e. The number of rotatable bonds is 7. The Kier molecular flexibility index (Phi) is 5.05. The third-order valence-electron chi connectivity index (χ3n) is 11.1. The Labute approximate surface area is 218 Å². The van der Waals surface area contributed by atoms with E-state index in [1.807, 2.05) is 6.07 Å². The number of methoxy groups -OCH3 is 1. The van der Waals surface area contributed by atoms with Crippen molar-refractivity contribution in [3.05, 3.63) is 23.3 Å². The Morgan fingerprint density at radius 1 is 1.27 bits per heavy atom. The van der Waals surface area contributed by atoms with Crippen LogP contribution in [0.25, 0.3) is 0 Å². The number of nitrogens with one attached hydrogen (secondary N) is 2. The third kappa shape index (κ3) is 2.97. The minimum Gasteiger partial charge on any atom is -0.504 e. The van der Waals surface area contributed by atoms with Crippen molar-refractivity contribution >= 4 is 11.8 Å². The molecule has 8 rings (SSSR count). The number of carbonyl (C=O) groups is 2. The van der Waals surface area contributed by atoms with Crippen LogP contribution >= 0.6 is 0 Å². The van der Waals surface area contributed by atoms with E-state index in [0.717, 1.165) is 44.6 Å². The highest BCUT2D eigenvalue weighted by atomic mass is 16.6. The second kappa shape index (κ2) is 7.85. The number of aromatic hydroxyl groups is 1. The molecular weight excluding hydrogens is 470 g/mol. The maximum atomic E-state index is 12.9. The lowest BCUT2D eigenvalue weighted by atomic mass is 9.35. The molecule has 4 bridgehead atoms. The Morgan fingerprint density at radius 2 is 2.08 bits per heavy atom. The van der Waals surface area contributed by atoms with E-state index in [-0.39, 0.29) is 40.4 Å². The fraction of sp³-hybridized carbons (Fsp3) is 0.724. The Balaban J connectivity index is 1.29. The molecule has 4 saturated carbocycles. The van der Waals surface area contributed by atoms with Crippen LogP contribution in [-0.2, 0) is 26.2 Å². The fourth-order valence-electron chi connectivity index (χ4n) is 9.54. The lowest BCUT2D eigenvalue weighted by molar-refractivity contribution is -0.276. The van der Waals surface area contributed by atoms with Crippen LogP contribution in [0, 0.1) is 17.3 Å². The lowest BCUT2D eigenvalue weighted by Crippen LogP contribution is -2.81. The zero-order valence-corrected chi connectivity index (χ0v) is 22.1. The van der Waals surface area contributed by atoms with Gasteiger partial charge in [0.05, 0.1) is 0 Å². The molecule has 1 aromatic carbocycles. The largest absolute Gasteiger partial charge is 0.504 e. The Hall–Kier alpha value is -2.32. The number of fused-ring (bicyclic) bond motifs is 2. The number of phenols is 1. The van der Waals surface area contributed by atoms with Crippen LogP contribution in [0.3, 0.4) is 0 Å². The number of amides is 2. The van der Waals surface area contributed by atoms with Crippen LogP contribution in [0.15, 0.2) is 12.1 Å². The number of piperidine rings is 1. The van der Waals surface area contributed by atoms with Crippen LogP contribution < -0.4 is 15.4 Å². The summed E-state index contributed by atoms with van der Waals surface area (Å²) in [5.41, 5.74) is 1.89. The molecule has 0 radical (unpaired) electrons. The van der Waals surface area contributed by atoms with Gasteiger partial charge < -0.3 is 25.2 Å². The molecule has 5 aliphatic carbocycles. The maximum Gasteiger partial charge on any atom is 0.242 e. The summed E-state index contributed by atoms with van der Waals surface area (Å²) >= 11 is 0. The van der Waals surface area contributed by atoms with Crippen molar-refractivity contribution in [3.63, 3.8) is 0 Å². The molecule has 2 aliphatic heterocycles. The van der Waals surface area contributed by atoms with Crippen molar-refractivity contribution in [2.45, 2.75) is 88.0 Å². The molecule has 2 spiro atoms. The topological polar surface area (TPSA) is 100 Å². The van der Waals surface area contributed by atoms with E-state index in [0.29, 0.717) is 18.3 Å². The van der Waals surface area contributed by atoms with E-state index in [9.17, 15) is 14.7 Å². The monoisotopic (exact) mass is 509 g/mol. The number of nitrogens with zero attached hydrogens (tertiary/aromatic N) is 1. The van der Waals surface area contributed by atoms with Crippen LogP contribution in [0.5, 0.6) is 11.5 Å². The van der Waals surface area contributed by atoms with Gasteiger partial charge in [-0.1, -0.05) is 6.07 Å². The highest BCUT2D eigenvalue weighted by Gasteiger charge is 2.80. The second-order valence-corrected chi connectivity index (χ2v) is 12.7. The molecular formula is C29H39N3O5. The van der Waals surface area contributed by atoms with Gasteiger partial charge in [0.1, 0.15) is 17.7 Å². The predicted octanol–water partition coefficient (Wildman–Crippen LogP) is 2.26. The summed E-state index contributed by atoms with van der Waals surface area (Å²) in [5.74, 6) is 1.43. The molecule has 2 heterocycles. The highest BCUT2D eigenvalue weighted by Crippen LogP contribution is 2.76. The third-order valence-corrected chi connectivity index (χ3v) is 11.1. The van der Waals surface area contributed by atoms with Gasteiger partial charge in [0, 0.05) is 55.5 Å². The van der Waals surface area contributed by atoms with E-state index < -0.39 is 11.6 Å². The molecule has 0 unspecified atom stereocenters. The van der Waals surface area contributed by atoms with Gasteiger partial charge in [0.25, 0.3) is 0 Å². The molecule has 2 amide bonds. The zero-order chi connectivity index (χ0) is 25.7. The molecule has 37 heavy (non-hydrogen) atoms. The lowest BCUT2D eigenvalue weighted by Gasteiger charge is -2.74. The standard InChI is InChI=1S/C29H39N3O5/c1-16(31-17(2)33)25(35)30-14-20-13-27-8-9-29(20,36-3)26-28(27)10-11-32(15-18-4-5-18)22(27)12-19-6-7-21(34)24(37-26)23(19)28/h6-7,16,18,20,22,26,34H,4-5,8-15H2,1-3H3,(H,30,35)(H,31,33)/t16-,20+,22+,26+,27+,28-,29+/m0/s1. The molecule has 3 N–H and O–H groups in total. The normalized spacial score (nSPS) is 39.5. The second-order valence-electron chi connectivity index (χ2n) is 12.7. The first-order valence-corrected chi connectivity index (χ1v) is 14.1. The summed E-state index contributed by atoms with van der Waals surface area (Å²) in [6.07, 6.45) is 7.44. The van der Waals surface area contributed by atoms with Gasteiger partial charge in [-0.25, -0.2) is 0 Å². The fourth-order valence-corrected chi connectivity index (χ4v) is 9.54. The van der Waals surface area contributed by atoms with E-state index in [1.165, 1.54) is 37.4 Å². The van der Waals surface area contributed by atoms with Gasteiger partial charge in [-0.2, -0.15) is 0 Å². The molecule has 7 aliphatic rings. The summed E-state index contributed by atoms with van der Waals surface area (Å²) in [6.45, 7) is 5.87. The van der Waals surface area contributed by atoms with Crippen molar-refractivity contribution in [1.82, 2.24) is 15.5 Å². The van der Waals surface area contributed by atoms with Crippen molar-refractivity contribution in [1.29, 1.82) is 0 Å². The van der Waals surface area contributed by atoms with E-state index >= 15 is 0 Å². The Bertz CT molecular complexity index is 1170. The van der Waals surface area contributed by atoms with Crippen LogP contribution in [0.1, 0.15) is 63.5 Å². The number of hydrogen-bond acceptors (Lipinski definition) is 6. The molecule has 8 nitrogen and oxygen atoms in total. The average molecular weight is 510 g/mol. The van der Waals surface area contributed by atoms with Gasteiger partial charge in [0.15, 0.2) is 11.5 Å². The average Bonchev–Trinajstić information content (AvgIpc) is 3.62. The number of likely N-dealkylation sites (tertiary alicyclic amines) is 1. The van der Waals surface area contributed by atoms with Gasteiger partial charge in [-0.15, -0.1) is 0 Å². The molecule has 7 atom stereocenters. The van der Waals surface area contributed by atoms with Crippen molar-refractivity contribution in [3.8, 4) is 11.5 Å². The molecule has 5 fully saturated rings. The molecule has 1 saturated heterocycles. The number of phenolic OH excluding ortho intramolecular Hbond substituents is 1. The van der Waals surface area contributed by atoms with Gasteiger partial charge >= 0.3 is 0 Å². The number of ether oxygens (including phenoxy) is 2. The van der Waals surface area contributed by atoms with Crippen molar-refractivity contribution in [2.24, 2.45) is 17.3 Å². The summed E-state index contributed by atoms with van der Waals surface area (Å²) in [6, 6.07) is 3.78. The van der Waals surface area contributed by atoms with Gasteiger partial charge in [-0.05, 0) is 76.0 Å². The molecule has 0 aromatic heterocycles. The molecule has 8 heteroatoms. The summed E-state index contributed by atoms with van der Waals surface area (Å²) in [7, 11) is 1.79. The SMILES string of the molecule is CO[C@]12CC[C@@]3(C[C@@H]1CNC(=O)[C@H](C)NC(C)=O)[C@H]1Cc4ccc(O)c5c4[C@@]3(CCN1CC1CC1)[C@H]2O5. The van der Waals surface area contributed by atoms with Gasteiger partial charge in [-0.3, -0.25) is 14.5 Å². The Morgan fingerprint density at radius 3 is 2.81 bits per heavy atom. The predicted molar refractivity (Wildman–Crippen MR) is 136 cm³/mol. The summed E-state index contributed by atoms with van der Waals surface area (Å²) in [5, 5.41) is 16.8. The van der Waals surface area contributed by atoms with Crippen molar-refractivity contribution in [2.75, 3.05) is 26.7 Å². The summed E-state index contributed by atoms with van der Waals surface area (Å²) < 4.78 is 13.3. The first kappa shape index (κ1) is 23.8. The van der Waals surface area contributed by atoms with Crippen molar-refractivity contribution < 1.29 is 24.2 Å². The van der Waals surface area contributed by atoms with Crippen LogP contribution in [-0.4, -0.2) is 72.4 Å². The van der Waals surface area contributed by atoms with Crippen LogP contribution in [0.2, 0.25) is 0 Å². The minimum atomic E-state index is -0.587. The number of hydrogen-bond donors (Lipinski definition) is 3. The maximum absolute atomic E-state index is 12.9.